The van der Waals surface area contributed by atoms with Gasteiger partial charge in [0, 0.05) is 43.6 Å². The van der Waals surface area contributed by atoms with Gasteiger partial charge in [0.2, 0.25) is 0 Å². The fourth-order valence-electron chi connectivity index (χ4n) is 4.21. The molecule has 1 aromatic rings. The van der Waals surface area contributed by atoms with Crippen LogP contribution in [-0.2, 0) is 6.54 Å². The molecule has 2 aliphatic heterocycles. The molecule has 1 aromatic carbocycles. The number of likely N-dealkylation sites (tertiary alicyclic amines) is 2. The average molecular weight is 269 g/mol. The highest BCUT2D eigenvalue weighted by Crippen LogP contribution is 2.51. The highest BCUT2D eigenvalue weighted by molar-refractivity contribution is 5.31. The fraction of sp³-hybridized carbons (Fsp3) is 0.588. The third kappa shape index (κ3) is 2.13. The summed E-state index contributed by atoms with van der Waals surface area (Å²) < 4.78 is 0. The fourth-order valence-corrected chi connectivity index (χ4v) is 4.21. The molecule has 2 heterocycles. The van der Waals surface area contributed by atoms with Crippen LogP contribution < -0.4 is 0 Å². The molecule has 0 N–H and O–H groups in total. The van der Waals surface area contributed by atoms with Gasteiger partial charge in [-0.05, 0) is 24.7 Å². The van der Waals surface area contributed by atoms with Crippen LogP contribution in [0.25, 0.3) is 0 Å². The Morgan fingerprint density at radius 1 is 1.05 bits per heavy atom. The molecule has 2 atom stereocenters. The summed E-state index contributed by atoms with van der Waals surface area (Å²) >= 11 is 0. The summed E-state index contributed by atoms with van der Waals surface area (Å²) in [5, 5.41) is 8.85. The van der Waals surface area contributed by atoms with Gasteiger partial charge in [-0.2, -0.15) is 5.26 Å². The molecule has 2 aliphatic rings. The van der Waals surface area contributed by atoms with E-state index in [4.69, 9.17) is 5.26 Å². The van der Waals surface area contributed by atoms with Crippen LogP contribution in [0.4, 0.5) is 0 Å². The summed E-state index contributed by atoms with van der Waals surface area (Å²) in [6, 6.07) is 10.2. The zero-order valence-electron chi connectivity index (χ0n) is 12.7. The van der Waals surface area contributed by atoms with Gasteiger partial charge in [-0.3, -0.25) is 4.90 Å². The van der Waals surface area contributed by atoms with Gasteiger partial charge in [0.25, 0.3) is 0 Å². The average Bonchev–Trinajstić information content (AvgIpc) is 2.72. The lowest BCUT2D eigenvalue weighted by Crippen LogP contribution is -2.34. The Bertz CT molecular complexity index is 524. The molecule has 3 nitrogen and oxygen atoms in total. The lowest BCUT2D eigenvalue weighted by molar-refractivity contribution is 0.212. The lowest BCUT2D eigenvalue weighted by atomic mass is 9.71. The van der Waals surface area contributed by atoms with E-state index in [0.29, 0.717) is 10.8 Å². The topological polar surface area (TPSA) is 30.3 Å². The number of rotatable bonds is 2. The smallest absolute Gasteiger partial charge is 0.0991 e. The molecule has 20 heavy (non-hydrogen) atoms. The second-order valence-corrected chi connectivity index (χ2v) is 7.25. The van der Waals surface area contributed by atoms with E-state index in [-0.39, 0.29) is 0 Å². The van der Waals surface area contributed by atoms with Crippen molar-refractivity contribution in [3.63, 3.8) is 0 Å². The van der Waals surface area contributed by atoms with Crippen LogP contribution >= 0.6 is 0 Å². The molecule has 2 saturated heterocycles. The molecule has 3 heteroatoms. The van der Waals surface area contributed by atoms with E-state index >= 15 is 0 Å². The molecule has 2 fully saturated rings. The Morgan fingerprint density at radius 3 is 2.10 bits per heavy atom. The molecule has 0 spiro atoms. The number of hydrogen-bond donors (Lipinski definition) is 0. The minimum Gasteiger partial charge on any atom is -0.305 e. The largest absolute Gasteiger partial charge is 0.305 e. The van der Waals surface area contributed by atoms with E-state index in [1.54, 1.807) is 0 Å². The van der Waals surface area contributed by atoms with Gasteiger partial charge in [-0.1, -0.05) is 26.0 Å². The van der Waals surface area contributed by atoms with Gasteiger partial charge in [0.1, 0.15) is 0 Å². The summed E-state index contributed by atoms with van der Waals surface area (Å²) in [4.78, 5) is 5.05. The van der Waals surface area contributed by atoms with Crippen molar-refractivity contribution in [3.05, 3.63) is 35.4 Å². The first-order valence-corrected chi connectivity index (χ1v) is 7.34. The molecule has 2 unspecified atom stereocenters. The Hall–Kier alpha value is -1.37. The second-order valence-electron chi connectivity index (χ2n) is 7.25. The molecule has 0 amide bonds. The van der Waals surface area contributed by atoms with Crippen molar-refractivity contribution in [2.45, 2.75) is 20.4 Å². The van der Waals surface area contributed by atoms with Crippen molar-refractivity contribution in [1.29, 1.82) is 5.26 Å². The number of benzene rings is 1. The van der Waals surface area contributed by atoms with Gasteiger partial charge in [0.15, 0.2) is 0 Å². The Kier molecular flexibility index (Phi) is 3.12. The monoisotopic (exact) mass is 269 g/mol. The predicted molar refractivity (Wildman–Crippen MR) is 80.1 cm³/mol. The van der Waals surface area contributed by atoms with E-state index in [1.165, 1.54) is 31.7 Å². The Labute approximate surface area is 121 Å². The van der Waals surface area contributed by atoms with Crippen LogP contribution in [0, 0.1) is 22.2 Å². The van der Waals surface area contributed by atoms with Crippen LogP contribution in [0.1, 0.15) is 25.0 Å². The number of hydrogen-bond acceptors (Lipinski definition) is 3. The zero-order chi connectivity index (χ0) is 14.4. The molecule has 0 aliphatic carbocycles. The van der Waals surface area contributed by atoms with Crippen LogP contribution in [0.15, 0.2) is 24.3 Å². The summed E-state index contributed by atoms with van der Waals surface area (Å²) in [7, 11) is 2.24. The predicted octanol–water partition coefficient (Wildman–Crippen LogP) is 2.33. The number of nitrogens with zero attached hydrogens (tertiary/aromatic N) is 3. The minimum atomic E-state index is 0.411. The zero-order valence-corrected chi connectivity index (χ0v) is 12.7. The van der Waals surface area contributed by atoms with E-state index in [2.05, 4.69) is 48.9 Å². The van der Waals surface area contributed by atoms with Crippen LogP contribution in [0.2, 0.25) is 0 Å². The summed E-state index contributed by atoms with van der Waals surface area (Å²) in [5.41, 5.74) is 2.87. The van der Waals surface area contributed by atoms with Crippen molar-refractivity contribution < 1.29 is 0 Å². The van der Waals surface area contributed by atoms with Crippen molar-refractivity contribution in [2.75, 3.05) is 33.2 Å². The van der Waals surface area contributed by atoms with Crippen molar-refractivity contribution in [2.24, 2.45) is 10.8 Å². The molecule has 106 valence electrons. The van der Waals surface area contributed by atoms with Crippen LogP contribution in [-0.4, -0.2) is 43.0 Å². The van der Waals surface area contributed by atoms with Crippen molar-refractivity contribution in [3.8, 4) is 6.07 Å². The second kappa shape index (κ2) is 4.58. The quantitative estimate of drug-likeness (QED) is 0.825. The molecule has 0 saturated carbocycles. The van der Waals surface area contributed by atoms with Gasteiger partial charge >= 0.3 is 0 Å². The Balaban J connectivity index is 1.71. The van der Waals surface area contributed by atoms with Gasteiger partial charge in [-0.15, -0.1) is 0 Å². The maximum Gasteiger partial charge on any atom is 0.0991 e. The van der Waals surface area contributed by atoms with Crippen molar-refractivity contribution >= 4 is 0 Å². The molecular formula is C17H23N3. The molecule has 0 aromatic heterocycles. The van der Waals surface area contributed by atoms with Gasteiger partial charge in [0.05, 0.1) is 11.6 Å². The molecule has 0 bridgehead atoms. The first-order valence-electron chi connectivity index (χ1n) is 7.34. The van der Waals surface area contributed by atoms with E-state index in [1.807, 2.05) is 12.1 Å². The molecular weight excluding hydrogens is 246 g/mol. The van der Waals surface area contributed by atoms with E-state index in [9.17, 15) is 0 Å². The van der Waals surface area contributed by atoms with E-state index < -0.39 is 0 Å². The highest BCUT2D eigenvalue weighted by atomic mass is 15.3. The first kappa shape index (κ1) is 13.6. The summed E-state index contributed by atoms with van der Waals surface area (Å²) in [6.07, 6.45) is 0. The summed E-state index contributed by atoms with van der Waals surface area (Å²) in [6.45, 7) is 10.6. The minimum absolute atomic E-state index is 0.411. The third-order valence-electron chi connectivity index (χ3n) is 5.33. The Morgan fingerprint density at radius 2 is 1.60 bits per heavy atom. The van der Waals surface area contributed by atoms with Gasteiger partial charge in [-0.25, -0.2) is 0 Å². The van der Waals surface area contributed by atoms with Crippen LogP contribution in [0.3, 0.4) is 0 Å². The first-order chi connectivity index (χ1) is 9.44. The number of fused-ring (bicyclic) bond motifs is 1. The van der Waals surface area contributed by atoms with Crippen molar-refractivity contribution in [1.82, 2.24) is 9.80 Å². The maximum atomic E-state index is 8.85. The van der Waals surface area contributed by atoms with Crippen LogP contribution in [0.5, 0.6) is 0 Å². The highest BCUT2D eigenvalue weighted by Gasteiger charge is 2.56. The normalized spacial score (nSPS) is 34.1. The number of nitriles is 1. The lowest BCUT2D eigenvalue weighted by Gasteiger charge is -2.31. The van der Waals surface area contributed by atoms with E-state index in [0.717, 1.165) is 12.1 Å². The molecule has 0 radical (unpaired) electrons. The maximum absolute atomic E-state index is 8.85. The third-order valence-corrected chi connectivity index (χ3v) is 5.33. The molecule has 3 rings (SSSR count). The van der Waals surface area contributed by atoms with Gasteiger partial charge < -0.3 is 4.90 Å². The summed E-state index contributed by atoms with van der Waals surface area (Å²) in [5.74, 6) is 0. The SMILES string of the molecule is CN1CC2(C)CN(Cc3ccc(C#N)cc3)CC2(C)C1. The standard InChI is InChI=1S/C17H23N3/c1-16-10-19(3)11-17(16,2)13-20(12-16)9-15-6-4-14(8-18)5-7-15/h4-7H,9-13H2,1-3H3.